The largest absolute Gasteiger partial charge is 0.464 e. The van der Waals surface area contributed by atoms with E-state index < -0.39 is 6.10 Å². The first-order valence-corrected chi connectivity index (χ1v) is 8.26. The predicted octanol–water partition coefficient (Wildman–Crippen LogP) is 3.54. The maximum absolute atomic E-state index is 12.8. The van der Waals surface area contributed by atoms with Gasteiger partial charge in [-0.3, -0.25) is 4.79 Å². The molecule has 0 aliphatic carbocycles. The Labute approximate surface area is 142 Å². The molecule has 124 valence electrons. The lowest BCUT2D eigenvalue weighted by atomic mass is 10.1. The first-order valence-electron chi connectivity index (χ1n) is 7.44. The van der Waals surface area contributed by atoms with Crippen LogP contribution >= 0.6 is 11.3 Å². The van der Waals surface area contributed by atoms with E-state index in [1.54, 1.807) is 24.5 Å². The van der Waals surface area contributed by atoms with Gasteiger partial charge in [-0.25, -0.2) is 4.39 Å². The number of hydrogen-bond donors (Lipinski definition) is 2. The maximum atomic E-state index is 12.8. The Hall–Kier alpha value is -2.44. The average molecular weight is 345 g/mol. The van der Waals surface area contributed by atoms with E-state index >= 15 is 0 Å². The van der Waals surface area contributed by atoms with Crippen molar-refractivity contribution >= 4 is 17.2 Å². The summed E-state index contributed by atoms with van der Waals surface area (Å²) < 4.78 is 18.1. The van der Waals surface area contributed by atoms with E-state index in [-0.39, 0.29) is 24.7 Å². The number of rotatable bonds is 6. The van der Waals surface area contributed by atoms with E-state index in [4.69, 9.17) is 4.42 Å². The summed E-state index contributed by atoms with van der Waals surface area (Å²) in [6, 6.07) is 13.1. The average Bonchev–Trinajstić information content (AvgIpc) is 3.25. The molecule has 1 amide bonds. The summed E-state index contributed by atoms with van der Waals surface area (Å²) in [6.45, 7) is 0.123. The minimum Gasteiger partial charge on any atom is -0.464 e. The second-order valence-corrected chi connectivity index (χ2v) is 6.42. The van der Waals surface area contributed by atoms with Crippen LogP contribution in [0.25, 0.3) is 10.6 Å². The highest BCUT2D eigenvalue weighted by Crippen LogP contribution is 2.31. The van der Waals surface area contributed by atoms with Gasteiger partial charge in [0.25, 0.3) is 0 Å². The molecule has 4 nitrogen and oxygen atoms in total. The summed E-state index contributed by atoms with van der Waals surface area (Å²) in [5.74, 6) is 0.196. The third-order valence-electron chi connectivity index (χ3n) is 3.49. The van der Waals surface area contributed by atoms with Gasteiger partial charge in [0, 0.05) is 11.4 Å². The number of carbonyl (C=O) groups is 1. The van der Waals surface area contributed by atoms with Gasteiger partial charge in [0.15, 0.2) is 0 Å². The fraction of sp³-hybridized carbons (Fsp3) is 0.167. The number of amides is 1. The second-order valence-electron chi connectivity index (χ2n) is 5.30. The number of halogens is 1. The first kappa shape index (κ1) is 16.4. The topological polar surface area (TPSA) is 62.5 Å². The SMILES string of the molecule is O=C(Cc1ccc(F)cc1)NCC(O)c1ccc(-c2ccco2)s1. The summed E-state index contributed by atoms with van der Waals surface area (Å²) in [6.07, 6.45) is 0.964. The van der Waals surface area contributed by atoms with Crippen LogP contribution in [0.2, 0.25) is 0 Å². The highest BCUT2D eigenvalue weighted by molar-refractivity contribution is 7.15. The molecule has 0 radical (unpaired) electrons. The van der Waals surface area contributed by atoms with Crippen molar-refractivity contribution in [2.75, 3.05) is 6.54 Å². The molecule has 1 aromatic carbocycles. The molecular weight excluding hydrogens is 329 g/mol. The number of thiophene rings is 1. The second kappa shape index (κ2) is 7.42. The lowest BCUT2D eigenvalue weighted by Crippen LogP contribution is -2.29. The Morgan fingerprint density at radius 2 is 2.00 bits per heavy atom. The Kier molecular flexibility index (Phi) is 5.08. The number of benzene rings is 1. The molecule has 0 aliphatic rings. The van der Waals surface area contributed by atoms with Crippen LogP contribution in [0.15, 0.2) is 59.2 Å². The van der Waals surface area contributed by atoms with Crippen LogP contribution in [0.3, 0.4) is 0 Å². The first-order chi connectivity index (χ1) is 11.6. The van der Waals surface area contributed by atoms with E-state index in [1.807, 2.05) is 18.2 Å². The smallest absolute Gasteiger partial charge is 0.224 e. The van der Waals surface area contributed by atoms with Gasteiger partial charge in [-0.05, 0) is 42.0 Å². The molecule has 2 N–H and O–H groups in total. The lowest BCUT2D eigenvalue weighted by molar-refractivity contribution is -0.120. The fourth-order valence-electron chi connectivity index (χ4n) is 2.24. The molecule has 1 atom stereocenters. The molecule has 2 heterocycles. The Morgan fingerprint density at radius 1 is 1.21 bits per heavy atom. The third-order valence-corrected chi connectivity index (χ3v) is 4.69. The predicted molar refractivity (Wildman–Crippen MR) is 90.1 cm³/mol. The van der Waals surface area contributed by atoms with E-state index in [0.29, 0.717) is 0 Å². The minimum absolute atomic E-state index is 0.123. The molecule has 0 bridgehead atoms. The Balaban J connectivity index is 1.52. The molecule has 0 saturated carbocycles. The van der Waals surface area contributed by atoms with Crippen LogP contribution in [0.1, 0.15) is 16.5 Å². The number of aliphatic hydroxyl groups is 1. The van der Waals surface area contributed by atoms with Gasteiger partial charge in [-0.2, -0.15) is 0 Å². The summed E-state index contributed by atoms with van der Waals surface area (Å²) in [5, 5.41) is 12.9. The molecule has 1 unspecified atom stereocenters. The highest BCUT2D eigenvalue weighted by Gasteiger charge is 2.14. The van der Waals surface area contributed by atoms with E-state index in [9.17, 15) is 14.3 Å². The number of hydrogen-bond acceptors (Lipinski definition) is 4. The standard InChI is InChI=1S/C18H16FNO3S/c19-13-5-3-12(4-6-13)10-18(22)20-11-14(21)16-7-8-17(24-16)15-2-1-9-23-15/h1-9,14,21H,10-11H2,(H,20,22). The zero-order chi connectivity index (χ0) is 16.9. The zero-order valence-corrected chi connectivity index (χ0v) is 13.6. The molecule has 3 rings (SSSR count). The van der Waals surface area contributed by atoms with Crippen molar-refractivity contribution in [3.05, 3.63) is 71.1 Å². The van der Waals surface area contributed by atoms with Crippen LogP contribution in [0.5, 0.6) is 0 Å². The quantitative estimate of drug-likeness (QED) is 0.718. The molecule has 0 saturated heterocycles. The summed E-state index contributed by atoms with van der Waals surface area (Å²) in [5.41, 5.74) is 0.722. The Bertz CT molecular complexity index is 796. The van der Waals surface area contributed by atoms with Gasteiger partial charge < -0.3 is 14.8 Å². The van der Waals surface area contributed by atoms with E-state index in [0.717, 1.165) is 21.1 Å². The number of carbonyl (C=O) groups excluding carboxylic acids is 1. The number of furan rings is 1. The van der Waals surface area contributed by atoms with Crippen molar-refractivity contribution in [1.82, 2.24) is 5.32 Å². The summed E-state index contributed by atoms with van der Waals surface area (Å²) >= 11 is 1.42. The maximum Gasteiger partial charge on any atom is 0.224 e. The van der Waals surface area contributed by atoms with Crippen molar-refractivity contribution in [3.8, 4) is 10.6 Å². The monoisotopic (exact) mass is 345 g/mol. The zero-order valence-electron chi connectivity index (χ0n) is 12.7. The van der Waals surface area contributed by atoms with Crippen LogP contribution in [0, 0.1) is 5.82 Å². The van der Waals surface area contributed by atoms with Crippen LogP contribution in [-0.4, -0.2) is 17.6 Å². The number of aliphatic hydroxyl groups excluding tert-OH is 1. The normalized spacial score (nSPS) is 12.1. The summed E-state index contributed by atoms with van der Waals surface area (Å²) in [7, 11) is 0. The van der Waals surface area contributed by atoms with E-state index in [2.05, 4.69) is 5.32 Å². The van der Waals surface area contributed by atoms with Gasteiger partial charge in [0.05, 0.1) is 17.6 Å². The molecule has 0 aliphatic heterocycles. The van der Waals surface area contributed by atoms with Crippen molar-refractivity contribution in [2.45, 2.75) is 12.5 Å². The van der Waals surface area contributed by atoms with Gasteiger partial charge in [-0.1, -0.05) is 12.1 Å². The van der Waals surface area contributed by atoms with Crippen LogP contribution in [0.4, 0.5) is 4.39 Å². The molecule has 0 spiro atoms. The highest BCUT2D eigenvalue weighted by atomic mass is 32.1. The van der Waals surface area contributed by atoms with Crippen LogP contribution in [-0.2, 0) is 11.2 Å². The molecular formula is C18H16FNO3S. The van der Waals surface area contributed by atoms with Crippen molar-refractivity contribution < 1.29 is 18.7 Å². The fourth-order valence-corrected chi connectivity index (χ4v) is 3.21. The van der Waals surface area contributed by atoms with Gasteiger partial charge in [-0.15, -0.1) is 11.3 Å². The van der Waals surface area contributed by atoms with Crippen molar-refractivity contribution in [1.29, 1.82) is 0 Å². The molecule has 2 aromatic heterocycles. The van der Waals surface area contributed by atoms with Crippen molar-refractivity contribution in [2.24, 2.45) is 0 Å². The molecule has 24 heavy (non-hydrogen) atoms. The molecule has 3 aromatic rings. The lowest BCUT2D eigenvalue weighted by Gasteiger charge is -2.10. The summed E-state index contributed by atoms with van der Waals surface area (Å²) in [4.78, 5) is 13.6. The van der Waals surface area contributed by atoms with Crippen LogP contribution < -0.4 is 5.32 Å². The van der Waals surface area contributed by atoms with Gasteiger partial charge >= 0.3 is 0 Å². The molecule has 6 heteroatoms. The van der Waals surface area contributed by atoms with E-state index in [1.165, 1.54) is 23.5 Å². The minimum atomic E-state index is -0.782. The Morgan fingerprint density at radius 3 is 2.71 bits per heavy atom. The van der Waals surface area contributed by atoms with Gasteiger partial charge in [0.1, 0.15) is 17.7 Å². The molecule has 0 fully saturated rings. The van der Waals surface area contributed by atoms with Gasteiger partial charge in [0.2, 0.25) is 5.91 Å². The van der Waals surface area contributed by atoms with Crippen molar-refractivity contribution in [3.63, 3.8) is 0 Å². The number of nitrogens with one attached hydrogen (secondary N) is 1. The third kappa shape index (κ3) is 4.10.